The normalized spacial score (nSPS) is 10.7. The lowest BCUT2D eigenvalue weighted by Crippen LogP contribution is -1.80. The van der Waals surface area contributed by atoms with Crippen molar-refractivity contribution < 1.29 is 4.42 Å². The molecule has 0 unspecified atom stereocenters. The van der Waals surface area contributed by atoms with Crippen molar-refractivity contribution in [2.24, 2.45) is 0 Å². The number of nitrogens with zero attached hydrogens (tertiary/aromatic N) is 2. The Bertz CT molecular complexity index is 957. The summed E-state index contributed by atoms with van der Waals surface area (Å²) < 4.78 is 5.83. The van der Waals surface area contributed by atoms with E-state index in [0.717, 1.165) is 16.7 Å². The van der Waals surface area contributed by atoms with Gasteiger partial charge in [-0.1, -0.05) is 60.2 Å². The third-order valence-electron chi connectivity index (χ3n) is 3.93. The van der Waals surface area contributed by atoms with Gasteiger partial charge in [0.2, 0.25) is 11.8 Å². The lowest BCUT2D eigenvalue weighted by Gasteiger charge is -2.02. The fourth-order valence-corrected chi connectivity index (χ4v) is 2.67. The van der Waals surface area contributed by atoms with Crippen molar-refractivity contribution in [3.05, 3.63) is 84.4 Å². The summed E-state index contributed by atoms with van der Waals surface area (Å²) in [5.41, 5.74) is 5.38. The van der Waals surface area contributed by atoms with Crippen LogP contribution >= 0.6 is 0 Å². The fraction of sp³-hybridized carbons (Fsp3) is 0.0476. The molecule has 0 atom stereocenters. The standard InChI is InChI=1S/C21H16N2O/c1-15-6-5-9-19(14-15)21-23-22-20(24-21)18-12-10-17(11-13-18)16-7-3-2-4-8-16/h2-14H,1H3. The third-order valence-corrected chi connectivity index (χ3v) is 3.93. The highest BCUT2D eigenvalue weighted by molar-refractivity contribution is 5.67. The predicted octanol–water partition coefficient (Wildman–Crippen LogP) is 5.38. The van der Waals surface area contributed by atoms with Crippen LogP contribution < -0.4 is 0 Å². The second-order valence-electron chi connectivity index (χ2n) is 5.73. The maximum Gasteiger partial charge on any atom is 0.248 e. The van der Waals surface area contributed by atoms with Gasteiger partial charge in [0.1, 0.15) is 0 Å². The topological polar surface area (TPSA) is 38.9 Å². The Hall–Kier alpha value is -3.20. The summed E-state index contributed by atoms with van der Waals surface area (Å²) in [6, 6.07) is 26.5. The summed E-state index contributed by atoms with van der Waals surface area (Å²) in [6.07, 6.45) is 0. The van der Waals surface area contributed by atoms with Gasteiger partial charge in [-0.15, -0.1) is 10.2 Å². The van der Waals surface area contributed by atoms with Crippen LogP contribution in [0.4, 0.5) is 0 Å². The molecule has 3 nitrogen and oxygen atoms in total. The molecule has 3 heteroatoms. The Balaban J connectivity index is 1.63. The summed E-state index contributed by atoms with van der Waals surface area (Å²) in [4.78, 5) is 0. The molecule has 0 bridgehead atoms. The maximum absolute atomic E-state index is 5.83. The molecule has 0 aliphatic carbocycles. The molecule has 0 fully saturated rings. The van der Waals surface area contributed by atoms with Gasteiger partial charge in [-0.05, 0) is 42.3 Å². The minimum absolute atomic E-state index is 0.533. The highest BCUT2D eigenvalue weighted by Gasteiger charge is 2.10. The van der Waals surface area contributed by atoms with Gasteiger partial charge in [0.25, 0.3) is 0 Å². The number of hydrogen-bond acceptors (Lipinski definition) is 3. The number of rotatable bonds is 3. The van der Waals surface area contributed by atoms with Crippen LogP contribution in [0.2, 0.25) is 0 Å². The molecule has 0 aliphatic heterocycles. The van der Waals surface area contributed by atoms with E-state index >= 15 is 0 Å². The molecule has 116 valence electrons. The van der Waals surface area contributed by atoms with Gasteiger partial charge < -0.3 is 4.42 Å². The van der Waals surface area contributed by atoms with Crippen molar-refractivity contribution in [3.63, 3.8) is 0 Å². The molecule has 1 heterocycles. The average molecular weight is 312 g/mol. The zero-order chi connectivity index (χ0) is 16.4. The minimum atomic E-state index is 0.533. The van der Waals surface area contributed by atoms with Crippen molar-refractivity contribution >= 4 is 0 Å². The predicted molar refractivity (Wildman–Crippen MR) is 95.3 cm³/mol. The summed E-state index contributed by atoms with van der Waals surface area (Å²) >= 11 is 0. The second kappa shape index (κ2) is 6.13. The summed E-state index contributed by atoms with van der Waals surface area (Å²) in [5.74, 6) is 1.08. The quantitative estimate of drug-likeness (QED) is 0.510. The first-order valence-corrected chi connectivity index (χ1v) is 7.86. The Morgan fingerprint density at radius 3 is 1.88 bits per heavy atom. The summed E-state index contributed by atoms with van der Waals surface area (Å²) in [7, 11) is 0. The van der Waals surface area contributed by atoms with E-state index in [2.05, 4.69) is 34.5 Å². The zero-order valence-corrected chi connectivity index (χ0v) is 13.3. The van der Waals surface area contributed by atoms with E-state index in [-0.39, 0.29) is 0 Å². The van der Waals surface area contributed by atoms with E-state index in [4.69, 9.17) is 4.42 Å². The van der Waals surface area contributed by atoms with Gasteiger partial charge in [0.15, 0.2) is 0 Å². The van der Waals surface area contributed by atoms with E-state index in [0.29, 0.717) is 11.8 Å². The van der Waals surface area contributed by atoms with Gasteiger partial charge in [0.05, 0.1) is 0 Å². The van der Waals surface area contributed by atoms with Crippen molar-refractivity contribution in [1.29, 1.82) is 0 Å². The summed E-state index contributed by atoms with van der Waals surface area (Å²) in [5, 5.41) is 8.35. The molecular weight excluding hydrogens is 296 g/mol. The summed E-state index contributed by atoms with van der Waals surface area (Å²) in [6.45, 7) is 2.04. The van der Waals surface area contributed by atoms with Crippen LogP contribution in [0.25, 0.3) is 34.0 Å². The molecule has 0 radical (unpaired) electrons. The molecular formula is C21H16N2O. The highest BCUT2D eigenvalue weighted by Crippen LogP contribution is 2.26. The second-order valence-corrected chi connectivity index (χ2v) is 5.73. The van der Waals surface area contributed by atoms with E-state index in [1.165, 1.54) is 11.1 Å². The van der Waals surface area contributed by atoms with Gasteiger partial charge in [-0.25, -0.2) is 0 Å². The molecule has 3 aromatic carbocycles. The lowest BCUT2D eigenvalue weighted by atomic mass is 10.0. The maximum atomic E-state index is 5.83. The zero-order valence-electron chi connectivity index (χ0n) is 13.3. The van der Waals surface area contributed by atoms with Crippen molar-refractivity contribution in [3.8, 4) is 34.0 Å². The Morgan fingerprint density at radius 1 is 0.583 bits per heavy atom. The Morgan fingerprint density at radius 2 is 1.17 bits per heavy atom. The van der Waals surface area contributed by atoms with Crippen LogP contribution in [0.1, 0.15) is 5.56 Å². The van der Waals surface area contributed by atoms with Crippen LogP contribution in [0.15, 0.2) is 83.3 Å². The van der Waals surface area contributed by atoms with Gasteiger partial charge in [-0.3, -0.25) is 0 Å². The molecule has 1 aromatic heterocycles. The molecule has 0 saturated heterocycles. The van der Waals surface area contributed by atoms with Crippen molar-refractivity contribution in [2.45, 2.75) is 6.92 Å². The molecule has 24 heavy (non-hydrogen) atoms. The third kappa shape index (κ3) is 2.84. The first kappa shape index (κ1) is 14.4. The first-order chi connectivity index (χ1) is 11.8. The van der Waals surface area contributed by atoms with Crippen LogP contribution in [-0.4, -0.2) is 10.2 Å². The smallest absolute Gasteiger partial charge is 0.248 e. The highest BCUT2D eigenvalue weighted by atomic mass is 16.4. The van der Waals surface area contributed by atoms with Gasteiger partial charge >= 0.3 is 0 Å². The average Bonchev–Trinajstić information content (AvgIpc) is 3.13. The van der Waals surface area contributed by atoms with Gasteiger partial charge in [0, 0.05) is 11.1 Å². The van der Waals surface area contributed by atoms with Crippen LogP contribution in [-0.2, 0) is 0 Å². The van der Waals surface area contributed by atoms with Crippen molar-refractivity contribution in [2.75, 3.05) is 0 Å². The molecule has 0 saturated carbocycles. The number of aryl methyl sites for hydroxylation is 1. The first-order valence-electron chi connectivity index (χ1n) is 7.86. The monoisotopic (exact) mass is 312 g/mol. The largest absolute Gasteiger partial charge is 0.416 e. The molecule has 0 N–H and O–H groups in total. The minimum Gasteiger partial charge on any atom is -0.416 e. The van der Waals surface area contributed by atoms with Gasteiger partial charge in [-0.2, -0.15) is 0 Å². The number of aromatic nitrogens is 2. The van der Waals surface area contributed by atoms with E-state index in [1.807, 2.05) is 61.5 Å². The molecule has 0 aliphatic rings. The molecule has 4 rings (SSSR count). The fourth-order valence-electron chi connectivity index (χ4n) is 2.67. The Kier molecular flexibility index (Phi) is 3.67. The van der Waals surface area contributed by atoms with E-state index in [9.17, 15) is 0 Å². The number of hydrogen-bond donors (Lipinski definition) is 0. The molecule has 0 amide bonds. The lowest BCUT2D eigenvalue weighted by molar-refractivity contribution is 0.584. The SMILES string of the molecule is Cc1cccc(-c2nnc(-c3ccc(-c4ccccc4)cc3)o2)c1. The van der Waals surface area contributed by atoms with Crippen molar-refractivity contribution in [1.82, 2.24) is 10.2 Å². The van der Waals surface area contributed by atoms with E-state index in [1.54, 1.807) is 0 Å². The van der Waals surface area contributed by atoms with Crippen LogP contribution in [0.3, 0.4) is 0 Å². The van der Waals surface area contributed by atoms with Crippen LogP contribution in [0, 0.1) is 6.92 Å². The van der Waals surface area contributed by atoms with E-state index < -0.39 is 0 Å². The Labute approximate surface area is 140 Å². The molecule has 4 aromatic rings. The number of benzene rings is 3. The molecule has 0 spiro atoms. The van der Waals surface area contributed by atoms with Crippen LogP contribution in [0.5, 0.6) is 0 Å².